The number of hydrogen-bond acceptors (Lipinski definition) is 4. The summed E-state index contributed by atoms with van der Waals surface area (Å²) in [7, 11) is 0. The minimum Gasteiger partial charge on any atom is -0.490 e. The average molecular weight is 532 g/mol. The van der Waals surface area contributed by atoms with Crippen molar-refractivity contribution >= 4 is 27.5 Å². The zero-order valence-corrected chi connectivity index (χ0v) is 21.2. The third-order valence-corrected chi connectivity index (χ3v) is 5.72. The number of benzene rings is 4. The third kappa shape index (κ3) is 6.64. The van der Waals surface area contributed by atoms with Crippen LogP contribution >= 0.6 is 15.9 Å². The van der Waals surface area contributed by atoms with E-state index in [1.54, 1.807) is 24.3 Å². The molecule has 4 aromatic carbocycles. The fraction of sp³-hybridized carbons (Fsp3) is 0.138. The van der Waals surface area contributed by atoms with Crippen molar-refractivity contribution in [3.8, 4) is 23.0 Å². The van der Waals surface area contributed by atoms with Gasteiger partial charge in [0.15, 0.2) is 11.5 Å². The lowest BCUT2D eigenvalue weighted by atomic mass is 10.1. The van der Waals surface area contributed by atoms with Crippen LogP contribution in [0.4, 0.5) is 5.69 Å². The normalized spacial score (nSPS) is 10.5. The van der Waals surface area contributed by atoms with Crippen molar-refractivity contribution in [3.05, 3.63) is 112 Å². The maximum atomic E-state index is 13.0. The van der Waals surface area contributed by atoms with Crippen LogP contribution in [0.25, 0.3) is 0 Å². The molecular formula is C29H26BrNO4. The number of carbonyl (C=O) groups excluding carboxylic acids is 1. The summed E-state index contributed by atoms with van der Waals surface area (Å²) in [4.78, 5) is 13.0. The molecule has 0 atom stereocenters. The zero-order chi connectivity index (χ0) is 24.6. The van der Waals surface area contributed by atoms with E-state index in [1.165, 1.54) is 0 Å². The third-order valence-electron chi connectivity index (χ3n) is 5.13. The Morgan fingerprint density at radius 3 is 2.34 bits per heavy atom. The van der Waals surface area contributed by atoms with Gasteiger partial charge < -0.3 is 19.5 Å². The van der Waals surface area contributed by atoms with Crippen LogP contribution < -0.4 is 19.5 Å². The van der Waals surface area contributed by atoms with Crippen LogP contribution in [0.2, 0.25) is 0 Å². The highest BCUT2D eigenvalue weighted by Crippen LogP contribution is 2.38. The van der Waals surface area contributed by atoms with Crippen molar-refractivity contribution in [2.75, 3.05) is 11.9 Å². The summed E-state index contributed by atoms with van der Waals surface area (Å²) in [5.41, 5.74) is 3.27. The van der Waals surface area contributed by atoms with Gasteiger partial charge in [0.05, 0.1) is 11.1 Å². The number of rotatable bonds is 9. The van der Waals surface area contributed by atoms with E-state index < -0.39 is 0 Å². The van der Waals surface area contributed by atoms with Crippen LogP contribution in [0.15, 0.2) is 95.5 Å². The van der Waals surface area contributed by atoms with E-state index in [4.69, 9.17) is 14.2 Å². The quantitative estimate of drug-likeness (QED) is 0.239. The molecule has 6 heteroatoms. The van der Waals surface area contributed by atoms with E-state index in [9.17, 15) is 4.79 Å². The highest BCUT2D eigenvalue weighted by Gasteiger charge is 2.17. The Morgan fingerprint density at radius 1 is 0.857 bits per heavy atom. The number of nitrogens with one attached hydrogen (secondary N) is 1. The molecule has 178 valence electrons. The van der Waals surface area contributed by atoms with Crippen molar-refractivity contribution in [3.63, 3.8) is 0 Å². The van der Waals surface area contributed by atoms with Crippen LogP contribution in [0, 0.1) is 6.92 Å². The molecule has 0 aliphatic carbocycles. The summed E-state index contributed by atoms with van der Waals surface area (Å²) in [5, 5.41) is 2.92. The molecule has 35 heavy (non-hydrogen) atoms. The number of anilines is 1. The molecule has 0 aromatic heterocycles. The van der Waals surface area contributed by atoms with E-state index >= 15 is 0 Å². The van der Waals surface area contributed by atoms with E-state index in [0.29, 0.717) is 46.2 Å². The lowest BCUT2D eigenvalue weighted by Gasteiger charge is -2.16. The second-order valence-electron chi connectivity index (χ2n) is 7.89. The fourth-order valence-electron chi connectivity index (χ4n) is 3.46. The first kappa shape index (κ1) is 24.4. The fourth-order valence-corrected chi connectivity index (χ4v) is 4.01. The molecule has 0 spiro atoms. The Bertz CT molecular complexity index is 1290. The largest absolute Gasteiger partial charge is 0.490 e. The summed E-state index contributed by atoms with van der Waals surface area (Å²) in [6.45, 7) is 4.74. The van der Waals surface area contributed by atoms with E-state index in [0.717, 1.165) is 16.9 Å². The minimum absolute atomic E-state index is 0.256. The van der Waals surface area contributed by atoms with Crippen molar-refractivity contribution in [1.29, 1.82) is 0 Å². The number of amides is 1. The molecule has 0 bridgehead atoms. The van der Waals surface area contributed by atoms with Gasteiger partial charge >= 0.3 is 0 Å². The second kappa shape index (κ2) is 11.6. The van der Waals surface area contributed by atoms with Crippen LogP contribution in [0.5, 0.6) is 23.0 Å². The van der Waals surface area contributed by atoms with Gasteiger partial charge in [-0.05, 0) is 89.4 Å². The zero-order valence-electron chi connectivity index (χ0n) is 19.6. The Labute approximate surface area is 213 Å². The standard InChI is InChI=1S/C29H26BrNO4/c1-3-33-27-18-22(17-26(30)28(27)34-19-21-9-5-4-6-10-21)29(32)31-23-12-14-24(15-13-23)35-25-11-7-8-20(2)16-25/h4-18H,3,19H2,1-2H3,(H,31,32). The summed E-state index contributed by atoms with van der Waals surface area (Å²) in [5.74, 6) is 2.27. The Morgan fingerprint density at radius 2 is 1.63 bits per heavy atom. The number of halogens is 1. The molecule has 0 saturated heterocycles. The van der Waals surface area contributed by atoms with Crippen LogP contribution in [-0.2, 0) is 6.61 Å². The van der Waals surface area contributed by atoms with Gasteiger partial charge in [-0.1, -0.05) is 42.5 Å². The van der Waals surface area contributed by atoms with Gasteiger partial charge in [0.1, 0.15) is 18.1 Å². The topological polar surface area (TPSA) is 56.8 Å². The maximum absolute atomic E-state index is 13.0. The minimum atomic E-state index is -0.256. The number of carbonyl (C=O) groups is 1. The first-order valence-electron chi connectivity index (χ1n) is 11.3. The monoisotopic (exact) mass is 531 g/mol. The van der Waals surface area contributed by atoms with Gasteiger partial charge in [0.2, 0.25) is 0 Å². The number of hydrogen-bond donors (Lipinski definition) is 1. The van der Waals surface area contributed by atoms with Gasteiger partial charge in [0.25, 0.3) is 5.91 Å². The first-order chi connectivity index (χ1) is 17.0. The molecular weight excluding hydrogens is 506 g/mol. The molecule has 4 rings (SSSR count). The molecule has 1 N–H and O–H groups in total. The summed E-state index contributed by atoms with van der Waals surface area (Å²) in [6, 6.07) is 28.4. The lowest BCUT2D eigenvalue weighted by Crippen LogP contribution is -2.12. The van der Waals surface area contributed by atoms with Crippen molar-refractivity contribution in [1.82, 2.24) is 0 Å². The maximum Gasteiger partial charge on any atom is 0.255 e. The van der Waals surface area contributed by atoms with Gasteiger partial charge in [-0.2, -0.15) is 0 Å². The highest BCUT2D eigenvalue weighted by atomic mass is 79.9. The predicted molar refractivity (Wildman–Crippen MR) is 142 cm³/mol. The molecule has 0 heterocycles. The summed E-state index contributed by atoms with van der Waals surface area (Å²) >= 11 is 3.54. The number of ether oxygens (including phenoxy) is 3. The van der Waals surface area contributed by atoms with Crippen LogP contribution in [-0.4, -0.2) is 12.5 Å². The Hall–Kier alpha value is -3.77. The van der Waals surface area contributed by atoms with Gasteiger partial charge in [-0.3, -0.25) is 4.79 Å². The molecule has 0 fully saturated rings. The van der Waals surface area contributed by atoms with E-state index in [1.807, 2.05) is 80.6 Å². The summed E-state index contributed by atoms with van der Waals surface area (Å²) in [6.07, 6.45) is 0. The van der Waals surface area contributed by atoms with Gasteiger partial charge in [-0.25, -0.2) is 0 Å². The van der Waals surface area contributed by atoms with Crippen molar-refractivity contribution in [2.24, 2.45) is 0 Å². The smallest absolute Gasteiger partial charge is 0.255 e. The first-order valence-corrected chi connectivity index (χ1v) is 12.1. The van der Waals surface area contributed by atoms with Crippen LogP contribution in [0.1, 0.15) is 28.4 Å². The lowest BCUT2D eigenvalue weighted by molar-refractivity contribution is 0.102. The molecule has 0 aliphatic rings. The molecule has 4 aromatic rings. The van der Waals surface area contributed by atoms with E-state index in [-0.39, 0.29) is 5.91 Å². The molecule has 0 aliphatic heterocycles. The molecule has 1 amide bonds. The highest BCUT2D eigenvalue weighted by molar-refractivity contribution is 9.10. The van der Waals surface area contributed by atoms with E-state index in [2.05, 4.69) is 21.2 Å². The SMILES string of the molecule is CCOc1cc(C(=O)Nc2ccc(Oc3cccc(C)c3)cc2)cc(Br)c1OCc1ccccc1. The summed E-state index contributed by atoms with van der Waals surface area (Å²) < 4.78 is 18.3. The predicted octanol–water partition coefficient (Wildman–Crippen LogP) is 7.78. The number of aryl methyl sites for hydroxylation is 1. The van der Waals surface area contributed by atoms with Gasteiger partial charge in [-0.15, -0.1) is 0 Å². The average Bonchev–Trinajstić information content (AvgIpc) is 2.85. The molecule has 0 radical (unpaired) electrons. The Kier molecular flexibility index (Phi) is 8.06. The Balaban J connectivity index is 1.45. The van der Waals surface area contributed by atoms with Crippen molar-refractivity contribution < 1.29 is 19.0 Å². The van der Waals surface area contributed by atoms with Crippen LogP contribution in [0.3, 0.4) is 0 Å². The van der Waals surface area contributed by atoms with Crippen molar-refractivity contribution in [2.45, 2.75) is 20.5 Å². The molecule has 5 nitrogen and oxygen atoms in total. The molecule has 0 unspecified atom stereocenters. The molecule has 0 saturated carbocycles. The second-order valence-corrected chi connectivity index (χ2v) is 8.74. The van der Waals surface area contributed by atoms with Gasteiger partial charge in [0, 0.05) is 11.3 Å².